The van der Waals surface area contributed by atoms with Crippen LogP contribution in [0, 0.1) is 0 Å². The molecule has 0 spiro atoms. The van der Waals surface area contributed by atoms with Gasteiger partial charge in [-0.15, -0.1) is 0 Å². The van der Waals surface area contributed by atoms with Gasteiger partial charge in [0.05, 0.1) is 6.04 Å². The van der Waals surface area contributed by atoms with Crippen LogP contribution in [0.5, 0.6) is 0 Å². The predicted molar refractivity (Wildman–Crippen MR) is 121 cm³/mol. The number of rotatable bonds is 21. The van der Waals surface area contributed by atoms with Gasteiger partial charge in [-0.25, -0.2) is 0 Å². The second-order valence-corrected chi connectivity index (χ2v) is 7.97. The predicted octanol–water partition coefficient (Wildman–Crippen LogP) is 5.88. The van der Waals surface area contributed by atoms with E-state index in [0.29, 0.717) is 0 Å². The Balaban J connectivity index is 3.58. The lowest BCUT2D eigenvalue weighted by atomic mass is 10.0. The van der Waals surface area contributed by atoms with Crippen molar-refractivity contribution in [1.82, 2.24) is 10.2 Å². The maximum Gasteiger partial charge on any atom is 0.237 e. The highest BCUT2D eigenvalue weighted by molar-refractivity contribution is 5.81. The van der Waals surface area contributed by atoms with Crippen molar-refractivity contribution in [3.63, 3.8) is 0 Å². The molecule has 0 aromatic heterocycles. The second-order valence-electron chi connectivity index (χ2n) is 7.97. The molecule has 0 aliphatic carbocycles. The Morgan fingerprint density at radius 3 is 1.57 bits per heavy atom. The van der Waals surface area contributed by atoms with Gasteiger partial charge in [0.15, 0.2) is 0 Å². The molecule has 1 unspecified atom stereocenters. The van der Waals surface area contributed by atoms with E-state index in [4.69, 9.17) is 0 Å². The van der Waals surface area contributed by atoms with E-state index in [0.717, 1.165) is 51.6 Å². The van der Waals surface area contributed by atoms with Crippen LogP contribution in [0.15, 0.2) is 0 Å². The third kappa shape index (κ3) is 15.1. The minimum absolute atomic E-state index is 0.0494. The van der Waals surface area contributed by atoms with Gasteiger partial charge in [-0.2, -0.15) is 0 Å². The number of carbonyl (C=O) groups is 2. The monoisotopic (exact) mass is 396 g/mol. The van der Waals surface area contributed by atoms with Gasteiger partial charge in [0.25, 0.3) is 0 Å². The van der Waals surface area contributed by atoms with Crippen molar-refractivity contribution in [3.8, 4) is 0 Å². The molecule has 0 saturated carbocycles. The fourth-order valence-electron chi connectivity index (χ4n) is 3.95. The number of nitrogens with one attached hydrogen (secondary N) is 1. The van der Waals surface area contributed by atoms with Gasteiger partial charge < -0.3 is 10.1 Å². The largest absolute Gasteiger partial charge is 0.355 e. The summed E-state index contributed by atoms with van der Waals surface area (Å²) in [5.41, 5.74) is 0. The summed E-state index contributed by atoms with van der Waals surface area (Å²) >= 11 is 0. The number of hydrogen-bond acceptors (Lipinski definition) is 3. The minimum atomic E-state index is 0.0494. The Labute approximate surface area is 175 Å². The smallest absolute Gasteiger partial charge is 0.237 e. The highest BCUT2D eigenvalue weighted by atomic mass is 16.2. The molecule has 0 fully saturated rings. The average molecular weight is 397 g/mol. The van der Waals surface area contributed by atoms with Gasteiger partial charge in [0.1, 0.15) is 6.29 Å². The first kappa shape index (κ1) is 27.1. The second kappa shape index (κ2) is 20.8. The van der Waals surface area contributed by atoms with Crippen molar-refractivity contribution < 1.29 is 9.59 Å². The van der Waals surface area contributed by atoms with Crippen LogP contribution in [0.2, 0.25) is 0 Å². The summed E-state index contributed by atoms with van der Waals surface area (Å²) in [6, 6.07) is 0.0494. The van der Waals surface area contributed by atoms with Crippen molar-refractivity contribution in [2.75, 3.05) is 19.6 Å². The summed E-state index contributed by atoms with van der Waals surface area (Å²) in [6.45, 7) is 8.88. The van der Waals surface area contributed by atoms with Crippen molar-refractivity contribution >= 4 is 12.2 Å². The molecule has 0 aliphatic heterocycles. The van der Waals surface area contributed by atoms with Crippen LogP contribution in [-0.2, 0) is 9.59 Å². The van der Waals surface area contributed by atoms with E-state index in [1.54, 1.807) is 0 Å². The van der Waals surface area contributed by atoms with Crippen LogP contribution in [0.4, 0.5) is 0 Å². The molecule has 4 heteroatoms. The van der Waals surface area contributed by atoms with E-state index in [2.05, 4.69) is 24.1 Å². The van der Waals surface area contributed by atoms with Gasteiger partial charge in [0, 0.05) is 13.0 Å². The van der Waals surface area contributed by atoms with Crippen molar-refractivity contribution in [2.24, 2.45) is 0 Å². The van der Waals surface area contributed by atoms with E-state index in [1.807, 2.05) is 6.92 Å². The lowest BCUT2D eigenvalue weighted by molar-refractivity contribution is -0.126. The molecule has 0 saturated heterocycles. The molecule has 28 heavy (non-hydrogen) atoms. The molecule has 4 nitrogen and oxygen atoms in total. The third-order valence-electron chi connectivity index (χ3n) is 5.71. The zero-order valence-corrected chi connectivity index (χ0v) is 19.1. The van der Waals surface area contributed by atoms with Gasteiger partial charge in [-0.3, -0.25) is 9.69 Å². The van der Waals surface area contributed by atoms with Crippen LogP contribution in [0.25, 0.3) is 0 Å². The number of unbranched alkanes of at least 4 members (excludes halogenated alkanes) is 13. The maximum absolute atomic E-state index is 12.3. The van der Waals surface area contributed by atoms with E-state index in [9.17, 15) is 9.59 Å². The SMILES string of the molecule is CCNC(=O)C(CCCCCCCCCCCCCCCC=O)N(CC)CC. The van der Waals surface area contributed by atoms with Crippen LogP contribution >= 0.6 is 0 Å². The molecule has 1 N–H and O–H groups in total. The standard InChI is InChI=1S/C24H48N2O2/c1-4-25-24(28)23(26(5-2)6-3)21-19-17-15-13-11-9-7-8-10-12-14-16-18-20-22-27/h22-23H,4-21H2,1-3H3,(H,25,28). The summed E-state index contributed by atoms with van der Waals surface area (Å²) in [5.74, 6) is 0.204. The van der Waals surface area contributed by atoms with Gasteiger partial charge in [-0.1, -0.05) is 90.9 Å². The van der Waals surface area contributed by atoms with E-state index < -0.39 is 0 Å². The van der Waals surface area contributed by atoms with Crippen LogP contribution in [-0.4, -0.2) is 42.8 Å². The van der Waals surface area contributed by atoms with Crippen LogP contribution < -0.4 is 5.32 Å². The Morgan fingerprint density at radius 2 is 1.18 bits per heavy atom. The Morgan fingerprint density at radius 1 is 0.750 bits per heavy atom. The van der Waals surface area contributed by atoms with E-state index in [1.165, 1.54) is 70.6 Å². The number of carbonyl (C=O) groups excluding carboxylic acids is 2. The summed E-state index contributed by atoms with van der Waals surface area (Å²) in [6.07, 6.45) is 19.5. The molecule has 0 aliphatic rings. The molecule has 0 aromatic carbocycles. The molecular formula is C24H48N2O2. The van der Waals surface area contributed by atoms with Gasteiger partial charge in [0.2, 0.25) is 5.91 Å². The lowest BCUT2D eigenvalue weighted by Crippen LogP contribution is -2.46. The average Bonchev–Trinajstić information content (AvgIpc) is 2.70. The zero-order valence-electron chi connectivity index (χ0n) is 19.1. The fraction of sp³-hybridized carbons (Fsp3) is 0.917. The summed E-state index contributed by atoms with van der Waals surface area (Å²) in [4.78, 5) is 24.8. The number of aldehydes is 1. The molecule has 0 radical (unpaired) electrons. The highest BCUT2D eigenvalue weighted by Crippen LogP contribution is 2.15. The molecule has 1 amide bonds. The third-order valence-corrected chi connectivity index (χ3v) is 5.71. The van der Waals surface area contributed by atoms with E-state index >= 15 is 0 Å². The summed E-state index contributed by atoms with van der Waals surface area (Å²) in [5, 5.41) is 3.00. The first-order valence-corrected chi connectivity index (χ1v) is 12.2. The Hall–Kier alpha value is -0.900. The number of nitrogens with zero attached hydrogens (tertiary/aromatic N) is 1. The Bertz CT molecular complexity index is 357. The molecule has 166 valence electrons. The number of hydrogen-bond donors (Lipinski definition) is 1. The van der Waals surface area contributed by atoms with Crippen LogP contribution in [0.1, 0.15) is 117 Å². The lowest BCUT2D eigenvalue weighted by Gasteiger charge is -2.28. The maximum atomic E-state index is 12.3. The first-order chi connectivity index (χ1) is 13.7. The van der Waals surface area contributed by atoms with E-state index in [-0.39, 0.29) is 11.9 Å². The van der Waals surface area contributed by atoms with Gasteiger partial charge in [-0.05, 0) is 32.9 Å². The minimum Gasteiger partial charge on any atom is -0.355 e. The van der Waals surface area contributed by atoms with Crippen LogP contribution in [0.3, 0.4) is 0 Å². The molecular weight excluding hydrogens is 348 g/mol. The quantitative estimate of drug-likeness (QED) is 0.195. The Kier molecular flexibility index (Phi) is 20.2. The molecule has 0 bridgehead atoms. The molecule has 0 heterocycles. The number of amides is 1. The fourth-order valence-corrected chi connectivity index (χ4v) is 3.95. The molecule has 0 aromatic rings. The van der Waals surface area contributed by atoms with Crippen molar-refractivity contribution in [2.45, 2.75) is 123 Å². The topological polar surface area (TPSA) is 49.4 Å². The zero-order chi connectivity index (χ0) is 20.9. The van der Waals surface area contributed by atoms with Crippen molar-refractivity contribution in [1.29, 1.82) is 0 Å². The van der Waals surface area contributed by atoms with Gasteiger partial charge >= 0.3 is 0 Å². The first-order valence-electron chi connectivity index (χ1n) is 12.2. The normalized spacial score (nSPS) is 12.3. The molecule has 1 atom stereocenters. The van der Waals surface area contributed by atoms with Crippen molar-refractivity contribution in [3.05, 3.63) is 0 Å². The highest BCUT2D eigenvalue weighted by Gasteiger charge is 2.22. The summed E-state index contributed by atoms with van der Waals surface area (Å²) < 4.78 is 0. The number of likely N-dealkylation sites (N-methyl/N-ethyl adjacent to an activating group) is 2. The summed E-state index contributed by atoms with van der Waals surface area (Å²) in [7, 11) is 0. The molecule has 0 rings (SSSR count).